The van der Waals surface area contributed by atoms with E-state index in [9.17, 15) is 4.79 Å². The molecule has 0 unspecified atom stereocenters. The highest BCUT2D eigenvalue weighted by atomic mass is 35.5. The van der Waals surface area contributed by atoms with Gasteiger partial charge in [0.15, 0.2) is 5.16 Å². The second-order valence-corrected chi connectivity index (χ2v) is 10.6. The maximum Gasteiger partial charge on any atom is 0.233 e. The molecule has 2 atom stereocenters. The third-order valence-corrected chi connectivity index (χ3v) is 7.49. The molecule has 1 saturated carbocycles. The number of carbonyl (C=O) groups excluding carboxylic acids is 1. The van der Waals surface area contributed by atoms with Crippen molar-refractivity contribution in [3.63, 3.8) is 0 Å². The van der Waals surface area contributed by atoms with Gasteiger partial charge in [-0.3, -0.25) is 4.79 Å². The average molecular weight is 481 g/mol. The summed E-state index contributed by atoms with van der Waals surface area (Å²) in [5.41, 5.74) is 0.839. The van der Waals surface area contributed by atoms with Gasteiger partial charge in [-0.05, 0) is 55.8 Å². The summed E-state index contributed by atoms with van der Waals surface area (Å²) in [7, 11) is 0. The molecule has 2 aromatic heterocycles. The van der Waals surface area contributed by atoms with Crippen LogP contribution in [0.1, 0.15) is 55.0 Å². The van der Waals surface area contributed by atoms with E-state index in [-0.39, 0.29) is 17.2 Å². The highest BCUT2D eigenvalue weighted by molar-refractivity contribution is 8.00. The Bertz CT molecular complexity index is 1030. The van der Waals surface area contributed by atoms with E-state index in [1.807, 2.05) is 26.0 Å². The van der Waals surface area contributed by atoms with Crippen molar-refractivity contribution in [3.05, 3.63) is 62.0 Å². The van der Waals surface area contributed by atoms with Crippen LogP contribution < -0.4 is 5.32 Å². The number of nitrogens with one attached hydrogen (secondary N) is 1. The molecule has 1 amide bonds. The van der Waals surface area contributed by atoms with Crippen molar-refractivity contribution in [2.45, 2.75) is 55.6 Å². The molecule has 0 bridgehead atoms. The third kappa shape index (κ3) is 5.02. The minimum atomic E-state index is -0.310. The molecule has 1 fully saturated rings. The van der Waals surface area contributed by atoms with E-state index in [0.717, 1.165) is 35.8 Å². The summed E-state index contributed by atoms with van der Waals surface area (Å²) < 4.78 is 2.22. The molecule has 158 valence electrons. The van der Waals surface area contributed by atoms with Gasteiger partial charge >= 0.3 is 0 Å². The van der Waals surface area contributed by atoms with Crippen molar-refractivity contribution in [1.82, 2.24) is 20.1 Å². The molecule has 1 N–H and O–H groups in total. The third-order valence-electron chi connectivity index (χ3n) is 5.00. The lowest BCUT2D eigenvalue weighted by Gasteiger charge is -2.19. The van der Waals surface area contributed by atoms with Crippen LogP contribution in [0.5, 0.6) is 0 Å². The van der Waals surface area contributed by atoms with E-state index in [1.165, 1.54) is 16.6 Å². The average Bonchev–Trinajstić information content (AvgIpc) is 3.25. The summed E-state index contributed by atoms with van der Waals surface area (Å²) >= 11 is 15.4. The Morgan fingerprint density at radius 3 is 2.77 bits per heavy atom. The maximum absolute atomic E-state index is 12.8. The van der Waals surface area contributed by atoms with Gasteiger partial charge in [-0.1, -0.05) is 47.1 Å². The molecule has 2 heterocycles. The van der Waals surface area contributed by atoms with Gasteiger partial charge in [-0.25, -0.2) is 0 Å². The van der Waals surface area contributed by atoms with Gasteiger partial charge in [0.05, 0.1) is 11.3 Å². The first kappa shape index (κ1) is 21.7. The molecular weight excluding hydrogens is 459 g/mol. The number of hydrogen-bond acceptors (Lipinski definition) is 5. The van der Waals surface area contributed by atoms with Gasteiger partial charge in [-0.2, -0.15) is 0 Å². The zero-order valence-corrected chi connectivity index (χ0v) is 19.8. The number of halogens is 2. The molecule has 0 radical (unpaired) electrons. The van der Waals surface area contributed by atoms with Crippen LogP contribution >= 0.6 is 46.3 Å². The van der Waals surface area contributed by atoms with Crippen molar-refractivity contribution in [3.8, 4) is 0 Å². The number of amides is 1. The summed E-state index contributed by atoms with van der Waals surface area (Å²) in [6.45, 7) is 3.80. The summed E-state index contributed by atoms with van der Waals surface area (Å²) in [5.74, 6) is 0.903. The zero-order valence-electron chi connectivity index (χ0n) is 16.6. The van der Waals surface area contributed by atoms with Gasteiger partial charge < -0.3 is 9.88 Å². The number of carbonyl (C=O) groups is 1. The zero-order chi connectivity index (χ0) is 21.3. The van der Waals surface area contributed by atoms with Crippen molar-refractivity contribution in [2.24, 2.45) is 0 Å². The van der Waals surface area contributed by atoms with Crippen molar-refractivity contribution in [1.29, 1.82) is 0 Å². The summed E-state index contributed by atoms with van der Waals surface area (Å²) in [6.07, 6.45) is 3.04. The molecule has 9 heteroatoms. The molecule has 5 nitrogen and oxygen atoms in total. The smallest absolute Gasteiger partial charge is 0.233 e. The molecular formula is C21H22Cl2N4OS2. The lowest BCUT2D eigenvalue weighted by atomic mass is 10.1. The second-order valence-electron chi connectivity index (χ2n) is 7.41. The Hall–Kier alpha value is -1.54. The van der Waals surface area contributed by atoms with Crippen LogP contribution in [0.4, 0.5) is 0 Å². The highest BCUT2D eigenvalue weighted by Gasteiger charge is 2.31. The number of rotatable bonds is 8. The van der Waals surface area contributed by atoms with E-state index >= 15 is 0 Å². The van der Waals surface area contributed by atoms with Crippen LogP contribution in [-0.2, 0) is 11.2 Å². The lowest BCUT2D eigenvalue weighted by Crippen LogP contribution is -2.33. The molecule has 1 aliphatic rings. The fourth-order valence-corrected chi connectivity index (χ4v) is 5.47. The maximum atomic E-state index is 12.8. The fraction of sp³-hybridized carbons (Fsp3) is 0.381. The first-order chi connectivity index (χ1) is 14.4. The van der Waals surface area contributed by atoms with Gasteiger partial charge in [-0.15, -0.1) is 21.5 Å². The Balaban J connectivity index is 1.43. The number of nitrogens with zero attached hydrogens (tertiary/aromatic N) is 3. The molecule has 3 aromatic rings. The first-order valence-electron chi connectivity index (χ1n) is 9.80. The SMILES string of the molecule is C[C@H](NC(=O)[C@@H](C)Sc1nnc(Cc2cccs2)n1C1CC1)c1ccc(Cl)cc1Cl. The van der Waals surface area contributed by atoms with Gasteiger partial charge in [0.2, 0.25) is 5.91 Å². The summed E-state index contributed by atoms with van der Waals surface area (Å²) in [6, 6.07) is 9.69. The number of thiophene rings is 1. The van der Waals surface area contributed by atoms with Crippen LogP contribution in [0.3, 0.4) is 0 Å². The van der Waals surface area contributed by atoms with Crippen LogP contribution in [0.15, 0.2) is 40.9 Å². The van der Waals surface area contributed by atoms with E-state index in [2.05, 4.69) is 31.5 Å². The van der Waals surface area contributed by atoms with Crippen molar-refractivity contribution < 1.29 is 4.79 Å². The standard InChI is InChI=1S/C21H22Cl2N4OS2/c1-12(17-8-5-14(22)10-18(17)23)24-20(28)13(2)30-21-26-25-19(27(21)15-6-7-15)11-16-4-3-9-29-16/h3-5,8-10,12-13,15H,6-7,11H2,1-2H3,(H,24,28)/t12-,13+/m0/s1. The largest absolute Gasteiger partial charge is 0.349 e. The Morgan fingerprint density at radius 2 is 2.10 bits per heavy atom. The molecule has 0 spiro atoms. The monoisotopic (exact) mass is 480 g/mol. The minimum Gasteiger partial charge on any atom is -0.349 e. The molecule has 1 aliphatic carbocycles. The number of benzene rings is 1. The van der Waals surface area contributed by atoms with Crippen molar-refractivity contribution >= 4 is 52.2 Å². The Kier molecular flexibility index (Phi) is 6.72. The Labute approximate surface area is 194 Å². The Morgan fingerprint density at radius 1 is 1.30 bits per heavy atom. The molecule has 0 saturated heterocycles. The topological polar surface area (TPSA) is 59.8 Å². The quantitative estimate of drug-likeness (QED) is 0.405. The van der Waals surface area contributed by atoms with Gasteiger partial charge in [0.25, 0.3) is 0 Å². The van der Waals surface area contributed by atoms with E-state index in [0.29, 0.717) is 16.1 Å². The predicted octanol–water partition coefficient (Wildman–Crippen LogP) is 5.93. The first-order valence-corrected chi connectivity index (χ1v) is 12.3. The van der Waals surface area contributed by atoms with Crippen LogP contribution in [0.25, 0.3) is 0 Å². The highest BCUT2D eigenvalue weighted by Crippen LogP contribution is 2.40. The van der Waals surface area contributed by atoms with Crippen LogP contribution in [-0.4, -0.2) is 25.9 Å². The molecule has 1 aromatic carbocycles. The minimum absolute atomic E-state index is 0.0660. The normalized spacial score (nSPS) is 15.7. The lowest BCUT2D eigenvalue weighted by molar-refractivity contribution is -0.120. The molecule has 0 aliphatic heterocycles. The predicted molar refractivity (Wildman–Crippen MR) is 124 cm³/mol. The van der Waals surface area contributed by atoms with Crippen LogP contribution in [0.2, 0.25) is 10.0 Å². The second kappa shape index (κ2) is 9.30. The summed E-state index contributed by atoms with van der Waals surface area (Å²) in [5, 5.41) is 15.6. The van der Waals surface area contributed by atoms with Gasteiger partial charge in [0, 0.05) is 27.4 Å². The summed E-state index contributed by atoms with van der Waals surface area (Å²) in [4.78, 5) is 14.1. The van der Waals surface area contributed by atoms with E-state index in [4.69, 9.17) is 23.2 Å². The van der Waals surface area contributed by atoms with Gasteiger partial charge in [0.1, 0.15) is 5.82 Å². The van der Waals surface area contributed by atoms with E-state index < -0.39 is 0 Å². The van der Waals surface area contributed by atoms with E-state index in [1.54, 1.807) is 23.5 Å². The molecule has 30 heavy (non-hydrogen) atoms. The van der Waals surface area contributed by atoms with Crippen LogP contribution in [0, 0.1) is 0 Å². The number of thioether (sulfide) groups is 1. The number of aromatic nitrogens is 3. The number of hydrogen-bond donors (Lipinski definition) is 1. The molecule has 4 rings (SSSR count). The fourth-order valence-electron chi connectivity index (χ4n) is 3.25. The van der Waals surface area contributed by atoms with Crippen molar-refractivity contribution in [2.75, 3.05) is 0 Å².